The van der Waals surface area contributed by atoms with Gasteiger partial charge in [-0.2, -0.15) is 12.7 Å². The van der Waals surface area contributed by atoms with Gasteiger partial charge in [0.1, 0.15) is 6.54 Å². The van der Waals surface area contributed by atoms with Crippen molar-refractivity contribution in [2.75, 3.05) is 44.6 Å². The fourth-order valence-corrected chi connectivity index (χ4v) is 4.18. The molecule has 1 N–H and O–H groups in total. The van der Waals surface area contributed by atoms with E-state index < -0.39 is 10.2 Å². The summed E-state index contributed by atoms with van der Waals surface area (Å²) < 4.78 is 27.4. The zero-order valence-corrected chi connectivity index (χ0v) is 16.7. The molecule has 1 heterocycles. The third kappa shape index (κ3) is 5.43. The summed E-state index contributed by atoms with van der Waals surface area (Å²) in [6.07, 6.45) is 3.65. The second-order valence-electron chi connectivity index (χ2n) is 6.86. The molecule has 0 aromatic heterocycles. The zero-order valence-electron chi connectivity index (χ0n) is 15.9. The number of para-hydroxylation sites is 1. The molecule has 7 nitrogen and oxygen atoms in total. The number of hydrogen-bond donors (Lipinski definition) is 1. The Morgan fingerprint density at radius 2 is 1.92 bits per heavy atom. The van der Waals surface area contributed by atoms with Crippen molar-refractivity contribution in [3.05, 3.63) is 30.3 Å². The van der Waals surface area contributed by atoms with E-state index in [9.17, 15) is 13.2 Å². The van der Waals surface area contributed by atoms with E-state index in [2.05, 4.69) is 17.1 Å². The van der Waals surface area contributed by atoms with Gasteiger partial charge in [0.15, 0.2) is 0 Å². The molecule has 0 bridgehead atoms. The fourth-order valence-electron chi connectivity index (χ4n) is 3.11. The van der Waals surface area contributed by atoms with Gasteiger partial charge < -0.3 is 5.32 Å². The number of rotatable bonds is 8. The minimum Gasteiger partial charge on any atom is -0.353 e. The minimum atomic E-state index is -3.75. The molecular weight excluding hydrogens is 352 g/mol. The van der Waals surface area contributed by atoms with Crippen molar-refractivity contribution in [1.29, 1.82) is 0 Å². The zero-order chi connectivity index (χ0) is 19.2. The van der Waals surface area contributed by atoms with Crippen LogP contribution in [0, 0.1) is 0 Å². The first-order valence-corrected chi connectivity index (χ1v) is 10.5. The summed E-state index contributed by atoms with van der Waals surface area (Å²) >= 11 is 0. The summed E-state index contributed by atoms with van der Waals surface area (Å²) in [5.41, 5.74) is 0.473. The Morgan fingerprint density at radius 1 is 1.23 bits per heavy atom. The summed E-state index contributed by atoms with van der Waals surface area (Å²) in [7, 11) is -0.827. The van der Waals surface area contributed by atoms with E-state index in [0.29, 0.717) is 18.3 Å². The smallest absolute Gasteiger partial charge is 0.304 e. The summed E-state index contributed by atoms with van der Waals surface area (Å²) in [5.74, 6) is -0.302. The van der Waals surface area contributed by atoms with Gasteiger partial charge in [0.2, 0.25) is 5.91 Å². The van der Waals surface area contributed by atoms with Crippen LogP contribution < -0.4 is 9.62 Å². The first-order valence-electron chi connectivity index (χ1n) is 9.08. The van der Waals surface area contributed by atoms with E-state index in [4.69, 9.17) is 0 Å². The highest BCUT2D eigenvalue weighted by Gasteiger charge is 2.27. The standard InChI is InChI=1S/C18H30N4O3S/c1-16-9-7-8-13-21(16)14-12-19-18(23)15-22(26(24,25)20(2)3)17-10-5-4-6-11-17/h4-6,10-11,16H,7-9,12-15H2,1-3H3,(H,19,23)/t16-/m1/s1. The Bertz CT molecular complexity index is 679. The number of anilines is 1. The van der Waals surface area contributed by atoms with Crippen LogP contribution in [0.25, 0.3) is 0 Å². The molecule has 0 spiro atoms. The number of carbonyl (C=O) groups is 1. The molecule has 2 rings (SSSR count). The Kier molecular flexibility index (Phi) is 7.43. The van der Waals surface area contributed by atoms with Gasteiger partial charge in [-0.15, -0.1) is 0 Å². The number of hydrogen-bond acceptors (Lipinski definition) is 4. The van der Waals surface area contributed by atoms with Crippen molar-refractivity contribution in [2.45, 2.75) is 32.2 Å². The van der Waals surface area contributed by atoms with Crippen molar-refractivity contribution in [1.82, 2.24) is 14.5 Å². The molecule has 1 fully saturated rings. The van der Waals surface area contributed by atoms with Crippen molar-refractivity contribution in [3.8, 4) is 0 Å². The lowest BCUT2D eigenvalue weighted by Crippen LogP contribution is -2.47. The van der Waals surface area contributed by atoms with Crippen LogP contribution in [0.15, 0.2) is 30.3 Å². The lowest BCUT2D eigenvalue weighted by molar-refractivity contribution is -0.119. The molecule has 1 aromatic rings. The third-order valence-electron chi connectivity index (χ3n) is 4.73. The van der Waals surface area contributed by atoms with Crippen LogP contribution in [-0.2, 0) is 15.0 Å². The molecule has 0 saturated carbocycles. The molecule has 0 aliphatic carbocycles. The minimum absolute atomic E-state index is 0.236. The van der Waals surface area contributed by atoms with Crippen molar-refractivity contribution >= 4 is 21.8 Å². The SMILES string of the molecule is C[C@@H]1CCCCN1CCNC(=O)CN(c1ccccc1)S(=O)(=O)N(C)C. The van der Waals surface area contributed by atoms with Gasteiger partial charge in [-0.05, 0) is 38.4 Å². The Labute approximate surface area is 157 Å². The fraction of sp³-hybridized carbons (Fsp3) is 0.611. The normalized spacial score (nSPS) is 18.7. The number of nitrogens with zero attached hydrogens (tertiary/aromatic N) is 3. The van der Waals surface area contributed by atoms with Crippen molar-refractivity contribution in [3.63, 3.8) is 0 Å². The van der Waals surface area contributed by atoms with Crippen LogP contribution in [0.4, 0.5) is 5.69 Å². The lowest BCUT2D eigenvalue weighted by atomic mass is 10.0. The van der Waals surface area contributed by atoms with E-state index in [1.54, 1.807) is 24.3 Å². The van der Waals surface area contributed by atoms with Crippen LogP contribution in [0.3, 0.4) is 0 Å². The van der Waals surface area contributed by atoms with Crippen LogP contribution in [0.5, 0.6) is 0 Å². The first-order chi connectivity index (χ1) is 12.3. The van der Waals surface area contributed by atoms with Gasteiger partial charge in [0.05, 0.1) is 5.69 Å². The lowest BCUT2D eigenvalue weighted by Gasteiger charge is -2.33. The van der Waals surface area contributed by atoms with E-state index in [1.165, 1.54) is 33.4 Å². The number of benzene rings is 1. The van der Waals surface area contributed by atoms with Gasteiger partial charge in [0.25, 0.3) is 0 Å². The first kappa shape index (κ1) is 20.7. The summed E-state index contributed by atoms with van der Waals surface area (Å²) in [6.45, 7) is 4.34. The van der Waals surface area contributed by atoms with Gasteiger partial charge >= 0.3 is 10.2 Å². The Balaban J connectivity index is 1.96. The maximum atomic E-state index is 12.6. The molecule has 0 unspecified atom stereocenters. The highest BCUT2D eigenvalue weighted by atomic mass is 32.2. The number of amides is 1. The second kappa shape index (κ2) is 9.34. The molecule has 26 heavy (non-hydrogen) atoms. The van der Waals surface area contributed by atoms with Crippen LogP contribution >= 0.6 is 0 Å². The van der Waals surface area contributed by atoms with Crippen LogP contribution in [0.1, 0.15) is 26.2 Å². The molecule has 1 aliphatic heterocycles. The predicted molar refractivity (Wildman–Crippen MR) is 104 cm³/mol. The maximum absolute atomic E-state index is 12.6. The van der Waals surface area contributed by atoms with Gasteiger partial charge in [0, 0.05) is 33.2 Å². The molecule has 0 radical (unpaired) electrons. The average molecular weight is 383 g/mol. The Morgan fingerprint density at radius 3 is 2.54 bits per heavy atom. The molecule has 1 saturated heterocycles. The number of nitrogens with one attached hydrogen (secondary N) is 1. The van der Waals surface area contributed by atoms with Gasteiger partial charge in [-0.1, -0.05) is 24.6 Å². The van der Waals surface area contributed by atoms with Crippen LogP contribution in [0.2, 0.25) is 0 Å². The quantitative estimate of drug-likeness (QED) is 0.735. The largest absolute Gasteiger partial charge is 0.353 e. The molecule has 8 heteroatoms. The van der Waals surface area contributed by atoms with Crippen molar-refractivity contribution in [2.24, 2.45) is 0 Å². The van der Waals surface area contributed by atoms with Gasteiger partial charge in [-0.25, -0.2) is 4.31 Å². The molecule has 1 aromatic carbocycles. The number of carbonyl (C=O) groups excluding carboxylic acids is 1. The van der Waals surface area contributed by atoms with Crippen molar-refractivity contribution < 1.29 is 13.2 Å². The van der Waals surface area contributed by atoms with E-state index in [1.807, 2.05) is 6.07 Å². The van der Waals surface area contributed by atoms with E-state index >= 15 is 0 Å². The molecule has 1 amide bonds. The highest BCUT2D eigenvalue weighted by Crippen LogP contribution is 2.18. The van der Waals surface area contributed by atoms with E-state index in [-0.39, 0.29) is 12.5 Å². The molecule has 146 valence electrons. The maximum Gasteiger partial charge on any atom is 0.304 e. The summed E-state index contributed by atoms with van der Waals surface area (Å²) in [5, 5.41) is 2.86. The van der Waals surface area contributed by atoms with Gasteiger partial charge in [-0.3, -0.25) is 9.69 Å². The Hall–Kier alpha value is -1.64. The molecular formula is C18H30N4O3S. The number of piperidine rings is 1. The number of likely N-dealkylation sites (tertiary alicyclic amines) is 1. The molecule has 1 aliphatic rings. The predicted octanol–water partition coefficient (Wildman–Crippen LogP) is 1.29. The molecule has 1 atom stereocenters. The summed E-state index contributed by atoms with van der Waals surface area (Å²) in [6, 6.07) is 9.22. The second-order valence-corrected chi connectivity index (χ2v) is 8.93. The third-order valence-corrected chi connectivity index (χ3v) is 6.55. The topological polar surface area (TPSA) is 73.0 Å². The average Bonchev–Trinajstić information content (AvgIpc) is 2.62. The monoisotopic (exact) mass is 382 g/mol. The van der Waals surface area contributed by atoms with E-state index in [0.717, 1.165) is 21.7 Å². The van der Waals surface area contributed by atoms with Crippen LogP contribution in [-0.4, -0.2) is 69.8 Å². The summed E-state index contributed by atoms with van der Waals surface area (Å²) in [4.78, 5) is 14.7. The highest BCUT2D eigenvalue weighted by molar-refractivity contribution is 7.90.